The van der Waals surface area contributed by atoms with Gasteiger partial charge in [-0.3, -0.25) is 4.79 Å². The van der Waals surface area contributed by atoms with Crippen LogP contribution in [0.3, 0.4) is 0 Å². The van der Waals surface area contributed by atoms with Crippen molar-refractivity contribution < 1.29 is 13.9 Å². The molecule has 0 aliphatic carbocycles. The van der Waals surface area contributed by atoms with Crippen LogP contribution in [-0.4, -0.2) is 24.7 Å². The summed E-state index contributed by atoms with van der Waals surface area (Å²) in [5.41, 5.74) is 5.71. The van der Waals surface area contributed by atoms with Gasteiger partial charge in [0.25, 0.3) is 5.91 Å². The molecule has 1 heterocycles. The van der Waals surface area contributed by atoms with Crippen molar-refractivity contribution in [2.24, 2.45) is 0 Å². The Bertz CT molecular complexity index is 456. The molecule has 1 fully saturated rings. The van der Waals surface area contributed by atoms with E-state index in [9.17, 15) is 9.18 Å². The molecule has 1 saturated heterocycles. The number of benzene rings is 1. The standard InChI is InChI=1S/C13H17FN2O2/c1-13(5-2-6-18-8-13)16-12(17)10-7-9(14)3-4-11(10)15/h3-4,7H,2,5-6,8,15H2,1H3,(H,16,17). The first-order valence-electron chi connectivity index (χ1n) is 5.95. The lowest BCUT2D eigenvalue weighted by molar-refractivity contribution is 0.0273. The summed E-state index contributed by atoms with van der Waals surface area (Å²) in [6.45, 7) is 3.10. The van der Waals surface area contributed by atoms with Gasteiger partial charge in [0.15, 0.2) is 0 Å². The molecule has 1 amide bonds. The van der Waals surface area contributed by atoms with Gasteiger partial charge in [-0.1, -0.05) is 0 Å². The Morgan fingerprint density at radius 3 is 3.00 bits per heavy atom. The van der Waals surface area contributed by atoms with Gasteiger partial charge in [0.1, 0.15) is 5.82 Å². The minimum Gasteiger partial charge on any atom is -0.398 e. The third-order valence-corrected chi connectivity index (χ3v) is 3.11. The number of nitrogens with one attached hydrogen (secondary N) is 1. The number of carbonyl (C=O) groups excluding carboxylic acids is 1. The van der Waals surface area contributed by atoms with Crippen LogP contribution in [0.1, 0.15) is 30.1 Å². The number of ether oxygens (including phenoxy) is 1. The molecule has 0 spiro atoms. The molecule has 1 aliphatic heterocycles. The molecule has 1 unspecified atom stereocenters. The highest BCUT2D eigenvalue weighted by Crippen LogP contribution is 2.20. The van der Waals surface area contributed by atoms with Gasteiger partial charge in [-0.15, -0.1) is 0 Å². The van der Waals surface area contributed by atoms with E-state index in [1.54, 1.807) is 0 Å². The Kier molecular flexibility index (Phi) is 3.52. The number of amides is 1. The van der Waals surface area contributed by atoms with Gasteiger partial charge in [0.05, 0.1) is 17.7 Å². The van der Waals surface area contributed by atoms with Crippen molar-refractivity contribution in [1.29, 1.82) is 0 Å². The Hall–Kier alpha value is -1.62. The van der Waals surface area contributed by atoms with Crippen molar-refractivity contribution >= 4 is 11.6 Å². The van der Waals surface area contributed by atoms with E-state index >= 15 is 0 Å². The molecule has 98 valence electrons. The number of carbonyl (C=O) groups is 1. The summed E-state index contributed by atoms with van der Waals surface area (Å²) in [6, 6.07) is 3.78. The minimum absolute atomic E-state index is 0.168. The van der Waals surface area contributed by atoms with Crippen LogP contribution in [0, 0.1) is 5.82 Å². The molecule has 18 heavy (non-hydrogen) atoms. The van der Waals surface area contributed by atoms with E-state index in [2.05, 4.69) is 5.32 Å². The number of hydrogen-bond donors (Lipinski definition) is 2. The lowest BCUT2D eigenvalue weighted by Crippen LogP contribution is -2.51. The summed E-state index contributed by atoms with van der Waals surface area (Å²) in [7, 11) is 0. The molecule has 2 rings (SSSR count). The zero-order valence-electron chi connectivity index (χ0n) is 10.3. The van der Waals surface area contributed by atoms with E-state index in [-0.39, 0.29) is 17.2 Å². The molecule has 1 aliphatic rings. The van der Waals surface area contributed by atoms with Crippen molar-refractivity contribution in [2.75, 3.05) is 18.9 Å². The third kappa shape index (κ3) is 2.79. The monoisotopic (exact) mass is 252 g/mol. The average molecular weight is 252 g/mol. The van der Waals surface area contributed by atoms with E-state index in [1.165, 1.54) is 12.1 Å². The van der Waals surface area contributed by atoms with Gasteiger partial charge >= 0.3 is 0 Å². The van der Waals surface area contributed by atoms with Crippen molar-refractivity contribution in [2.45, 2.75) is 25.3 Å². The molecule has 1 aromatic rings. The van der Waals surface area contributed by atoms with E-state index in [4.69, 9.17) is 10.5 Å². The van der Waals surface area contributed by atoms with Gasteiger partial charge in [-0.2, -0.15) is 0 Å². The van der Waals surface area contributed by atoms with Gasteiger partial charge in [0.2, 0.25) is 0 Å². The minimum atomic E-state index is -0.473. The smallest absolute Gasteiger partial charge is 0.253 e. The Labute approximate surface area is 105 Å². The van der Waals surface area contributed by atoms with Crippen LogP contribution in [0.5, 0.6) is 0 Å². The SMILES string of the molecule is CC1(NC(=O)c2cc(F)ccc2N)CCCOC1. The Balaban J connectivity index is 2.14. The van der Waals surface area contributed by atoms with Crippen LogP contribution in [0.4, 0.5) is 10.1 Å². The number of nitrogens with two attached hydrogens (primary N) is 1. The van der Waals surface area contributed by atoms with E-state index < -0.39 is 11.4 Å². The van der Waals surface area contributed by atoms with Crippen LogP contribution in [-0.2, 0) is 4.74 Å². The van der Waals surface area contributed by atoms with Crippen molar-refractivity contribution in [3.05, 3.63) is 29.6 Å². The maximum absolute atomic E-state index is 13.1. The second-order valence-electron chi connectivity index (χ2n) is 4.90. The number of hydrogen-bond acceptors (Lipinski definition) is 3. The molecule has 3 N–H and O–H groups in total. The summed E-state index contributed by atoms with van der Waals surface area (Å²) in [4.78, 5) is 12.1. The molecule has 0 radical (unpaired) electrons. The maximum atomic E-state index is 13.1. The fraction of sp³-hybridized carbons (Fsp3) is 0.462. The van der Waals surface area contributed by atoms with Gasteiger partial charge in [0, 0.05) is 12.3 Å². The third-order valence-electron chi connectivity index (χ3n) is 3.11. The zero-order chi connectivity index (χ0) is 13.2. The van der Waals surface area contributed by atoms with Crippen LogP contribution >= 0.6 is 0 Å². The highest BCUT2D eigenvalue weighted by atomic mass is 19.1. The molecule has 0 bridgehead atoms. The second kappa shape index (κ2) is 4.94. The summed E-state index contributed by atoms with van der Waals surface area (Å²) in [5, 5.41) is 2.87. The molecular formula is C13H17FN2O2. The fourth-order valence-corrected chi connectivity index (χ4v) is 2.10. The fourth-order valence-electron chi connectivity index (χ4n) is 2.10. The number of halogens is 1. The van der Waals surface area contributed by atoms with Crippen LogP contribution in [0.25, 0.3) is 0 Å². The van der Waals surface area contributed by atoms with Gasteiger partial charge in [-0.25, -0.2) is 4.39 Å². The Morgan fingerprint density at radius 1 is 1.56 bits per heavy atom. The zero-order valence-corrected chi connectivity index (χ0v) is 10.3. The van der Waals surface area contributed by atoms with E-state index in [0.29, 0.717) is 13.2 Å². The first kappa shape index (κ1) is 12.8. The number of rotatable bonds is 2. The Morgan fingerprint density at radius 2 is 2.33 bits per heavy atom. The molecule has 4 nitrogen and oxygen atoms in total. The second-order valence-corrected chi connectivity index (χ2v) is 4.90. The summed E-state index contributed by atoms with van der Waals surface area (Å²) >= 11 is 0. The summed E-state index contributed by atoms with van der Waals surface area (Å²) in [5.74, 6) is -0.834. The molecular weight excluding hydrogens is 235 g/mol. The average Bonchev–Trinajstić information content (AvgIpc) is 2.32. The van der Waals surface area contributed by atoms with E-state index in [0.717, 1.165) is 18.9 Å². The summed E-state index contributed by atoms with van der Waals surface area (Å²) < 4.78 is 18.5. The molecule has 0 aromatic heterocycles. The highest BCUT2D eigenvalue weighted by Gasteiger charge is 2.30. The number of nitrogen functional groups attached to an aromatic ring is 1. The normalized spacial score (nSPS) is 23.7. The molecule has 5 heteroatoms. The summed E-state index contributed by atoms with van der Waals surface area (Å²) in [6.07, 6.45) is 1.74. The predicted molar refractivity (Wildman–Crippen MR) is 66.7 cm³/mol. The van der Waals surface area contributed by atoms with Crippen molar-refractivity contribution in [1.82, 2.24) is 5.32 Å². The van der Waals surface area contributed by atoms with E-state index in [1.807, 2.05) is 6.92 Å². The van der Waals surface area contributed by atoms with Gasteiger partial charge in [-0.05, 0) is 38.0 Å². The lowest BCUT2D eigenvalue weighted by Gasteiger charge is -2.34. The van der Waals surface area contributed by atoms with Crippen molar-refractivity contribution in [3.63, 3.8) is 0 Å². The topological polar surface area (TPSA) is 64.4 Å². The lowest BCUT2D eigenvalue weighted by atomic mass is 9.94. The first-order valence-corrected chi connectivity index (χ1v) is 5.95. The first-order chi connectivity index (χ1) is 8.50. The van der Waals surface area contributed by atoms with Crippen LogP contribution in [0.15, 0.2) is 18.2 Å². The molecule has 0 saturated carbocycles. The molecule has 1 aromatic carbocycles. The predicted octanol–water partition coefficient (Wildman–Crippen LogP) is 1.71. The quantitative estimate of drug-likeness (QED) is 0.787. The largest absolute Gasteiger partial charge is 0.398 e. The maximum Gasteiger partial charge on any atom is 0.253 e. The van der Waals surface area contributed by atoms with Crippen molar-refractivity contribution in [3.8, 4) is 0 Å². The number of anilines is 1. The highest BCUT2D eigenvalue weighted by molar-refractivity contribution is 5.99. The van der Waals surface area contributed by atoms with Crippen LogP contribution in [0.2, 0.25) is 0 Å². The van der Waals surface area contributed by atoms with Gasteiger partial charge < -0.3 is 15.8 Å². The van der Waals surface area contributed by atoms with Crippen LogP contribution < -0.4 is 11.1 Å². The molecule has 1 atom stereocenters.